The Balaban J connectivity index is 1.78. The third-order valence-electron chi connectivity index (χ3n) is 5.74. The molecule has 0 radical (unpaired) electrons. The summed E-state index contributed by atoms with van der Waals surface area (Å²) in [5, 5.41) is 3.50. The molecule has 1 N–H and O–H groups in total. The molecule has 2 aromatic rings. The number of nitrogens with zero attached hydrogens (tertiary/aromatic N) is 3. The van der Waals surface area contributed by atoms with Crippen LogP contribution in [-0.2, 0) is 4.79 Å². The van der Waals surface area contributed by atoms with Crippen LogP contribution in [0.1, 0.15) is 52.0 Å². The van der Waals surface area contributed by atoms with Crippen molar-refractivity contribution in [3.8, 4) is 0 Å². The van der Waals surface area contributed by atoms with Crippen molar-refractivity contribution in [1.29, 1.82) is 0 Å². The van der Waals surface area contributed by atoms with E-state index in [9.17, 15) is 9.59 Å². The Labute approximate surface area is 185 Å². The van der Waals surface area contributed by atoms with Gasteiger partial charge in [0.2, 0.25) is 0 Å². The SMILES string of the molecule is CC1CCC(Nc2nc3ccccn3c(=O)c2/C=C2/SC(=S)N(C(C)C)C2=O)CC1. The van der Waals surface area contributed by atoms with Crippen LogP contribution < -0.4 is 10.9 Å². The lowest BCUT2D eigenvalue weighted by atomic mass is 9.87. The van der Waals surface area contributed by atoms with E-state index in [0.29, 0.717) is 26.3 Å². The maximum Gasteiger partial charge on any atom is 0.267 e. The number of rotatable bonds is 4. The molecule has 6 nitrogen and oxygen atoms in total. The number of thioether (sulfide) groups is 1. The number of carbonyl (C=O) groups excluding carboxylic acids is 1. The van der Waals surface area contributed by atoms with Gasteiger partial charge in [0, 0.05) is 18.3 Å². The Kier molecular flexibility index (Phi) is 5.97. The molecule has 4 rings (SSSR count). The minimum absolute atomic E-state index is 0.0268. The minimum Gasteiger partial charge on any atom is -0.367 e. The lowest BCUT2D eigenvalue weighted by Crippen LogP contribution is -2.34. The normalized spacial score (nSPS) is 23.7. The molecule has 0 bridgehead atoms. The molecule has 2 aromatic heterocycles. The molecule has 1 aliphatic carbocycles. The largest absolute Gasteiger partial charge is 0.367 e. The first-order valence-electron chi connectivity index (χ1n) is 10.4. The Bertz CT molecular complexity index is 1080. The Morgan fingerprint density at radius 2 is 1.97 bits per heavy atom. The van der Waals surface area contributed by atoms with Crippen molar-refractivity contribution < 1.29 is 4.79 Å². The number of aromatic nitrogens is 2. The summed E-state index contributed by atoms with van der Waals surface area (Å²) >= 11 is 6.62. The van der Waals surface area contributed by atoms with Gasteiger partial charge in [-0.1, -0.05) is 37.0 Å². The number of amides is 1. The lowest BCUT2D eigenvalue weighted by molar-refractivity contribution is -0.123. The predicted molar refractivity (Wildman–Crippen MR) is 127 cm³/mol. The second-order valence-electron chi connectivity index (χ2n) is 8.35. The number of thiocarbonyl (C=S) groups is 1. The summed E-state index contributed by atoms with van der Waals surface area (Å²) in [6.07, 6.45) is 7.77. The molecule has 1 aliphatic heterocycles. The van der Waals surface area contributed by atoms with E-state index in [4.69, 9.17) is 17.2 Å². The van der Waals surface area contributed by atoms with Gasteiger partial charge in [0.05, 0.1) is 10.5 Å². The van der Waals surface area contributed by atoms with Crippen molar-refractivity contribution >= 4 is 51.7 Å². The molecule has 1 saturated carbocycles. The van der Waals surface area contributed by atoms with Gasteiger partial charge in [-0.2, -0.15) is 0 Å². The van der Waals surface area contributed by atoms with Gasteiger partial charge in [-0.3, -0.25) is 18.9 Å². The number of anilines is 1. The fourth-order valence-corrected chi connectivity index (χ4v) is 5.50. The molecule has 0 spiro atoms. The van der Waals surface area contributed by atoms with E-state index in [0.717, 1.165) is 31.6 Å². The van der Waals surface area contributed by atoms with Crippen molar-refractivity contribution in [1.82, 2.24) is 14.3 Å². The second-order valence-corrected chi connectivity index (χ2v) is 10.0. The van der Waals surface area contributed by atoms with Crippen LogP contribution in [0, 0.1) is 5.92 Å². The van der Waals surface area contributed by atoms with Crippen LogP contribution >= 0.6 is 24.0 Å². The Hall–Kier alpha value is -2.19. The molecule has 0 aromatic carbocycles. The molecule has 1 saturated heterocycles. The average Bonchev–Trinajstić information content (AvgIpc) is 3.00. The molecule has 0 atom stereocenters. The van der Waals surface area contributed by atoms with Crippen LogP contribution in [-0.4, -0.2) is 36.6 Å². The average molecular weight is 443 g/mol. The second kappa shape index (κ2) is 8.51. The lowest BCUT2D eigenvalue weighted by Gasteiger charge is -2.27. The summed E-state index contributed by atoms with van der Waals surface area (Å²) in [4.78, 5) is 33.0. The zero-order valence-electron chi connectivity index (χ0n) is 17.4. The fraction of sp³-hybridized carbons (Fsp3) is 0.455. The first-order chi connectivity index (χ1) is 14.3. The van der Waals surface area contributed by atoms with Gasteiger partial charge in [0.15, 0.2) is 0 Å². The monoisotopic (exact) mass is 442 g/mol. The molecule has 0 unspecified atom stereocenters. The van der Waals surface area contributed by atoms with Gasteiger partial charge in [-0.15, -0.1) is 0 Å². The van der Waals surface area contributed by atoms with Crippen molar-refractivity contribution in [3.63, 3.8) is 0 Å². The molecular weight excluding hydrogens is 416 g/mol. The first kappa shape index (κ1) is 21.1. The van der Waals surface area contributed by atoms with Crippen LogP contribution in [0.25, 0.3) is 11.7 Å². The van der Waals surface area contributed by atoms with Crippen LogP contribution in [0.3, 0.4) is 0 Å². The molecule has 3 heterocycles. The summed E-state index contributed by atoms with van der Waals surface area (Å²) < 4.78 is 2.04. The van der Waals surface area contributed by atoms with Crippen molar-refractivity contribution in [2.24, 2.45) is 5.92 Å². The highest BCUT2D eigenvalue weighted by Crippen LogP contribution is 2.34. The first-order valence-corrected chi connectivity index (χ1v) is 11.6. The predicted octanol–water partition coefficient (Wildman–Crippen LogP) is 4.29. The van der Waals surface area contributed by atoms with Crippen molar-refractivity contribution in [2.45, 2.75) is 58.5 Å². The molecule has 1 amide bonds. The summed E-state index contributed by atoms with van der Waals surface area (Å²) in [6.45, 7) is 6.13. The number of fused-ring (bicyclic) bond motifs is 1. The number of nitrogens with one attached hydrogen (secondary N) is 1. The van der Waals surface area contributed by atoms with E-state index in [1.807, 2.05) is 26.0 Å². The van der Waals surface area contributed by atoms with Gasteiger partial charge in [-0.05, 0) is 63.7 Å². The molecule has 158 valence electrons. The van der Waals surface area contributed by atoms with Gasteiger partial charge in [0.1, 0.15) is 15.8 Å². The number of hydrogen-bond acceptors (Lipinski definition) is 6. The third-order valence-corrected chi connectivity index (χ3v) is 7.07. The molecule has 30 heavy (non-hydrogen) atoms. The van der Waals surface area contributed by atoms with Crippen molar-refractivity contribution in [3.05, 3.63) is 45.2 Å². The van der Waals surface area contributed by atoms with Gasteiger partial charge < -0.3 is 5.32 Å². The summed E-state index contributed by atoms with van der Waals surface area (Å²) in [6, 6.07) is 5.73. The summed E-state index contributed by atoms with van der Waals surface area (Å²) in [5.41, 5.74) is 0.796. The van der Waals surface area contributed by atoms with E-state index in [2.05, 4.69) is 12.2 Å². The number of hydrogen-bond donors (Lipinski definition) is 1. The maximum atomic E-state index is 13.3. The summed E-state index contributed by atoms with van der Waals surface area (Å²) in [5.74, 6) is 1.12. The van der Waals surface area contributed by atoms with Crippen LogP contribution in [0.15, 0.2) is 34.1 Å². The van der Waals surface area contributed by atoms with Gasteiger partial charge in [0.25, 0.3) is 11.5 Å². The highest BCUT2D eigenvalue weighted by atomic mass is 32.2. The van der Waals surface area contributed by atoms with Gasteiger partial charge >= 0.3 is 0 Å². The molecular formula is C22H26N4O2S2. The molecule has 8 heteroatoms. The molecule has 2 aliphatic rings. The standard InChI is InChI=1S/C22H26N4O2S2/c1-13(2)26-21(28)17(30-22(26)29)12-16-19(23-15-9-7-14(3)8-10-15)24-18-6-4-5-11-25(18)20(16)27/h4-6,11-15,23H,7-10H2,1-3H3/b17-12+. The number of pyridine rings is 1. The zero-order chi connectivity index (χ0) is 21.4. The van der Waals surface area contributed by atoms with E-state index < -0.39 is 0 Å². The van der Waals surface area contributed by atoms with Crippen LogP contribution in [0.4, 0.5) is 5.82 Å². The third kappa shape index (κ3) is 4.03. The number of carbonyl (C=O) groups is 1. The zero-order valence-corrected chi connectivity index (χ0v) is 19.1. The highest BCUT2D eigenvalue weighted by molar-refractivity contribution is 8.26. The van der Waals surface area contributed by atoms with E-state index >= 15 is 0 Å². The van der Waals surface area contributed by atoms with Crippen LogP contribution in [0.5, 0.6) is 0 Å². The topological polar surface area (TPSA) is 66.7 Å². The van der Waals surface area contributed by atoms with Crippen LogP contribution in [0.2, 0.25) is 0 Å². The van der Waals surface area contributed by atoms with E-state index in [1.165, 1.54) is 16.2 Å². The van der Waals surface area contributed by atoms with Gasteiger partial charge in [-0.25, -0.2) is 4.98 Å². The Morgan fingerprint density at radius 3 is 2.63 bits per heavy atom. The highest BCUT2D eigenvalue weighted by Gasteiger charge is 2.34. The summed E-state index contributed by atoms with van der Waals surface area (Å²) in [7, 11) is 0. The fourth-order valence-electron chi connectivity index (χ4n) is 4.00. The maximum absolute atomic E-state index is 13.3. The Morgan fingerprint density at radius 1 is 1.23 bits per heavy atom. The minimum atomic E-state index is -0.193. The quantitative estimate of drug-likeness (QED) is 0.563. The smallest absolute Gasteiger partial charge is 0.267 e. The van der Waals surface area contributed by atoms with E-state index in [-0.39, 0.29) is 23.6 Å². The van der Waals surface area contributed by atoms with E-state index in [1.54, 1.807) is 23.2 Å². The molecule has 2 fully saturated rings. The van der Waals surface area contributed by atoms with Crippen molar-refractivity contribution in [2.75, 3.05) is 5.32 Å².